The molecule has 2 saturated heterocycles. The van der Waals surface area contributed by atoms with E-state index in [2.05, 4.69) is 15.5 Å². The van der Waals surface area contributed by atoms with Crippen LogP contribution in [-0.4, -0.2) is 41.7 Å². The first-order valence-electron chi connectivity index (χ1n) is 9.80. The van der Waals surface area contributed by atoms with Crippen molar-refractivity contribution >= 4 is 11.7 Å². The van der Waals surface area contributed by atoms with Crippen molar-refractivity contribution in [2.24, 2.45) is 0 Å². The minimum absolute atomic E-state index is 0.0906. The third-order valence-electron chi connectivity index (χ3n) is 5.76. The zero-order valence-corrected chi connectivity index (χ0v) is 15.0. The van der Waals surface area contributed by atoms with Crippen molar-refractivity contribution in [2.45, 2.75) is 76.0 Å². The van der Waals surface area contributed by atoms with Crippen molar-refractivity contribution in [2.75, 3.05) is 11.9 Å². The second kappa shape index (κ2) is 7.24. The summed E-state index contributed by atoms with van der Waals surface area (Å²) in [5.41, 5.74) is 0.802. The Hall–Kier alpha value is -1.75. The van der Waals surface area contributed by atoms with Crippen LogP contribution in [0, 0.1) is 0 Å². The molecule has 2 aliphatic heterocycles. The fourth-order valence-corrected chi connectivity index (χ4v) is 4.66. The van der Waals surface area contributed by atoms with Gasteiger partial charge >= 0.3 is 6.03 Å². The van der Waals surface area contributed by atoms with E-state index in [0.29, 0.717) is 24.7 Å². The van der Waals surface area contributed by atoms with Gasteiger partial charge in [0.25, 0.3) is 0 Å². The number of urea groups is 1. The topological polar surface area (TPSA) is 53.6 Å². The number of anilines is 1. The Morgan fingerprint density at radius 3 is 2.36 bits per heavy atom. The van der Waals surface area contributed by atoms with Crippen LogP contribution in [0.5, 0.6) is 5.75 Å². The largest absolute Gasteiger partial charge is 0.494 e. The summed E-state index contributed by atoms with van der Waals surface area (Å²) >= 11 is 0. The predicted molar refractivity (Wildman–Crippen MR) is 99.1 cm³/mol. The molecule has 2 amide bonds. The van der Waals surface area contributed by atoms with Crippen LogP contribution in [0.4, 0.5) is 10.5 Å². The fraction of sp³-hybridized carbons (Fsp3) is 0.650. The van der Waals surface area contributed by atoms with Gasteiger partial charge in [0.1, 0.15) is 5.75 Å². The molecule has 25 heavy (non-hydrogen) atoms. The Morgan fingerprint density at radius 2 is 1.76 bits per heavy atom. The third kappa shape index (κ3) is 3.92. The standard InChI is InChI=1S/C20H29N3O2/c1-2-25-19-10-6-14(7-11-19)21-20(24)22-15-12-17-4-3-5-18(13-15)23(17)16-8-9-16/h6-7,10-11,15-18H,2-5,8-9,12-13H2,1H3,(H2,21,22,24). The van der Waals surface area contributed by atoms with Crippen LogP contribution < -0.4 is 15.4 Å². The van der Waals surface area contributed by atoms with E-state index in [1.165, 1.54) is 32.1 Å². The van der Waals surface area contributed by atoms with Gasteiger partial charge in [-0.25, -0.2) is 4.79 Å². The van der Waals surface area contributed by atoms with E-state index in [1.807, 2.05) is 31.2 Å². The van der Waals surface area contributed by atoms with Gasteiger partial charge in [0, 0.05) is 29.9 Å². The van der Waals surface area contributed by atoms with Gasteiger partial charge in [-0.2, -0.15) is 0 Å². The molecule has 5 heteroatoms. The molecule has 1 saturated carbocycles. The lowest BCUT2D eigenvalue weighted by atomic mass is 9.81. The minimum atomic E-state index is -0.0906. The molecule has 2 bridgehead atoms. The zero-order valence-electron chi connectivity index (χ0n) is 15.0. The predicted octanol–water partition coefficient (Wildman–Crippen LogP) is 3.75. The molecule has 3 fully saturated rings. The normalized spacial score (nSPS) is 29.1. The van der Waals surface area contributed by atoms with E-state index >= 15 is 0 Å². The van der Waals surface area contributed by atoms with Gasteiger partial charge in [0.2, 0.25) is 0 Å². The average molecular weight is 343 g/mol. The first kappa shape index (κ1) is 16.7. The van der Waals surface area contributed by atoms with Gasteiger partial charge in [-0.3, -0.25) is 4.90 Å². The van der Waals surface area contributed by atoms with Crippen molar-refractivity contribution in [1.29, 1.82) is 0 Å². The number of hydrogen-bond acceptors (Lipinski definition) is 3. The maximum absolute atomic E-state index is 12.4. The number of nitrogens with one attached hydrogen (secondary N) is 2. The van der Waals surface area contributed by atoms with Crippen LogP contribution in [0.3, 0.4) is 0 Å². The number of nitrogens with zero attached hydrogens (tertiary/aromatic N) is 1. The van der Waals surface area contributed by atoms with Gasteiger partial charge in [0.15, 0.2) is 0 Å². The molecule has 3 aliphatic rings. The molecule has 2 atom stereocenters. The molecule has 0 aromatic heterocycles. The molecule has 0 spiro atoms. The van der Waals surface area contributed by atoms with Crippen LogP contribution in [0.2, 0.25) is 0 Å². The Balaban J connectivity index is 1.30. The summed E-state index contributed by atoms with van der Waals surface area (Å²) in [7, 11) is 0. The molecular weight excluding hydrogens is 314 g/mol. The van der Waals surface area contributed by atoms with Gasteiger partial charge in [0.05, 0.1) is 6.61 Å². The van der Waals surface area contributed by atoms with Crippen LogP contribution in [0.1, 0.15) is 51.9 Å². The van der Waals surface area contributed by atoms with Gasteiger partial charge in [-0.1, -0.05) is 6.42 Å². The van der Waals surface area contributed by atoms with Crippen molar-refractivity contribution in [3.63, 3.8) is 0 Å². The third-order valence-corrected chi connectivity index (χ3v) is 5.76. The molecule has 2 heterocycles. The van der Waals surface area contributed by atoms with E-state index in [-0.39, 0.29) is 6.03 Å². The highest BCUT2D eigenvalue weighted by molar-refractivity contribution is 5.89. The van der Waals surface area contributed by atoms with Crippen LogP contribution >= 0.6 is 0 Å². The molecule has 1 aliphatic carbocycles. The minimum Gasteiger partial charge on any atom is -0.494 e. The number of rotatable bonds is 5. The van der Waals surface area contributed by atoms with Crippen molar-refractivity contribution < 1.29 is 9.53 Å². The summed E-state index contributed by atoms with van der Waals surface area (Å²) < 4.78 is 5.43. The number of piperidine rings is 2. The van der Waals surface area contributed by atoms with Crippen LogP contribution in [0.25, 0.3) is 0 Å². The lowest BCUT2D eigenvalue weighted by Gasteiger charge is -2.49. The summed E-state index contributed by atoms with van der Waals surface area (Å²) in [5.74, 6) is 0.828. The Bertz CT molecular complexity index is 585. The van der Waals surface area contributed by atoms with Gasteiger partial charge in [-0.05, 0) is 69.7 Å². The summed E-state index contributed by atoms with van der Waals surface area (Å²) in [5, 5.41) is 6.16. The fourth-order valence-electron chi connectivity index (χ4n) is 4.66. The highest BCUT2D eigenvalue weighted by Gasteiger charge is 2.45. The smallest absolute Gasteiger partial charge is 0.319 e. The first-order valence-corrected chi connectivity index (χ1v) is 9.80. The lowest BCUT2D eigenvalue weighted by molar-refractivity contribution is 0.0198. The highest BCUT2D eigenvalue weighted by atomic mass is 16.5. The summed E-state index contributed by atoms with van der Waals surface area (Å²) in [6, 6.07) is 9.94. The zero-order chi connectivity index (χ0) is 17.2. The number of ether oxygens (including phenoxy) is 1. The highest BCUT2D eigenvalue weighted by Crippen LogP contribution is 2.41. The van der Waals surface area contributed by atoms with Gasteiger partial charge in [-0.15, -0.1) is 0 Å². The number of amides is 2. The average Bonchev–Trinajstić information content (AvgIpc) is 3.41. The molecule has 2 unspecified atom stereocenters. The molecular formula is C20H29N3O2. The second-order valence-electron chi connectivity index (χ2n) is 7.64. The van der Waals surface area contributed by atoms with Crippen molar-refractivity contribution in [1.82, 2.24) is 10.2 Å². The number of benzene rings is 1. The summed E-state index contributed by atoms with van der Waals surface area (Å²) in [4.78, 5) is 15.2. The summed E-state index contributed by atoms with van der Waals surface area (Å²) in [6.45, 7) is 2.61. The molecule has 0 radical (unpaired) electrons. The van der Waals surface area contributed by atoms with E-state index < -0.39 is 0 Å². The summed E-state index contributed by atoms with van der Waals surface area (Å²) in [6.07, 6.45) is 8.90. The molecule has 1 aromatic rings. The quantitative estimate of drug-likeness (QED) is 0.856. The Morgan fingerprint density at radius 1 is 1.08 bits per heavy atom. The molecule has 136 valence electrons. The Kier molecular flexibility index (Phi) is 4.84. The van der Waals surface area contributed by atoms with E-state index in [0.717, 1.165) is 30.3 Å². The molecule has 1 aromatic carbocycles. The van der Waals surface area contributed by atoms with Crippen molar-refractivity contribution in [3.05, 3.63) is 24.3 Å². The maximum Gasteiger partial charge on any atom is 0.319 e. The van der Waals surface area contributed by atoms with Crippen LogP contribution in [0.15, 0.2) is 24.3 Å². The van der Waals surface area contributed by atoms with Crippen LogP contribution in [-0.2, 0) is 0 Å². The monoisotopic (exact) mass is 343 g/mol. The number of carbonyl (C=O) groups is 1. The SMILES string of the molecule is CCOc1ccc(NC(=O)NC2CC3CCCC(C2)N3C2CC2)cc1. The second-order valence-corrected chi connectivity index (χ2v) is 7.64. The van der Waals surface area contributed by atoms with E-state index in [4.69, 9.17) is 4.74 Å². The molecule has 2 N–H and O–H groups in total. The van der Waals surface area contributed by atoms with E-state index in [9.17, 15) is 4.79 Å². The number of fused-ring (bicyclic) bond motifs is 2. The maximum atomic E-state index is 12.4. The van der Waals surface area contributed by atoms with Gasteiger partial charge < -0.3 is 15.4 Å². The molecule has 4 rings (SSSR count). The van der Waals surface area contributed by atoms with Crippen molar-refractivity contribution in [3.8, 4) is 5.75 Å². The Labute approximate surface area is 150 Å². The number of carbonyl (C=O) groups excluding carboxylic acids is 1. The molecule has 5 nitrogen and oxygen atoms in total. The lowest BCUT2D eigenvalue weighted by Crippen LogP contribution is -2.58. The van der Waals surface area contributed by atoms with E-state index in [1.54, 1.807) is 0 Å². The number of hydrogen-bond donors (Lipinski definition) is 2. The first-order chi connectivity index (χ1) is 12.2.